The van der Waals surface area contributed by atoms with Crippen LogP contribution in [0.15, 0.2) is 24.3 Å². The van der Waals surface area contributed by atoms with Crippen LogP contribution >= 0.6 is 11.3 Å². The Labute approximate surface area is 213 Å². The molecule has 0 aliphatic rings. The summed E-state index contributed by atoms with van der Waals surface area (Å²) in [6.45, 7) is 4.37. The van der Waals surface area contributed by atoms with E-state index in [-0.39, 0.29) is 19.4 Å². The van der Waals surface area contributed by atoms with Crippen molar-refractivity contribution in [2.45, 2.75) is 116 Å². The summed E-state index contributed by atoms with van der Waals surface area (Å²) in [7, 11) is 0. The van der Waals surface area contributed by atoms with Gasteiger partial charge in [0.05, 0.1) is 12.5 Å². The van der Waals surface area contributed by atoms with Crippen LogP contribution in [0.5, 0.6) is 5.75 Å². The first-order chi connectivity index (χ1) is 16.9. The van der Waals surface area contributed by atoms with Gasteiger partial charge in [0.25, 0.3) is 0 Å². The van der Waals surface area contributed by atoms with Crippen LogP contribution in [0.2, 0.25) is 0 Å². The minimum Gasteiger partial charge on any atom is -0.494 e. The number of unbranched alkanes of at least 4 members (excludes halogenated alkanes) is 10. The highest BCUT2D eigenvalue weighted by Crippen LogP contribution is 2.33. The molecular formula is C28H43F3N2OS. The third-order valence-electron chi connectivity index (χ3n) is 6.42. The number of hydrogen-bond acceptors (Lipinski definition) is 4. The monoisotopic (exact) mass is 512 g/mol. The number of hydrogen-bond donors (Lipinski definition) is 0. The highest BCUT2D eigenvalue weighted by Gasteiger charge is 2.38. The molecule has 0 amide bonds. The maximum atomic E-state index is 13.3. The van der Waals surface area contributed by atoms with Gasteiger partial charge < -0.3 is 4.74 Å². The number of rotatable bonds is 19. The Bertz CT molecular complexity index is 792. The molecule has 2 rings (SSSR count). The lowest BCUT2D eigenvalue weighted by atomic mass is 9.97. The van der Waals surface area contributed by atoms with Crippen LogP contribution in [-0.2, 0) is 6.42 Å². The molecule has 1 unspecified atom stereocenters. The number of benzene rings is 1. The second-order valence-corrected chi connectivity index (χ2v) is 10.5. The molecule has 0 bridgehead atoms. The van der Waals surface area contributed by atoms with Gasteiger partial charge in [-0.3, -0.25) is 0 Å². The van der Waals surface area contributed by atoms with Crippen LogP contribution in [0, 0.1) is 5.92 Å². The van der Waals surface area contributed by atoms with Gasteiger partial charge in [-0.1, -0.05) is 95.8 Å². The fourth-order valence-electron chi connectivity index (χ4n) is 4.18. The molecule has 0 aliphatic carbocycles. The molecule has 0 fully saturated rings. The molecule has 1 atom stereocenters. The number of ether oxygens (including phenoxy) is 1. The second kappa shape index (κ2) is 16.9. The summed E-state index contributed by atoms with van der Waals surface area (Å²) in [5, 5.41) is 10.6. The molecule has 1 aromatic carbocycles. The molecule has 35 heavy (non-hydrogen) atoms. The van der Waals surface area contributed by atoms with E-state index in [9.17, 15) is 13.2 Å². The fourth-order valence-corrected chi connectivity index (χ4v) is 5.07. The number of aryl methyl sites for hydroxylation is 1. The molecule has 0 radical (unpaired) electrons. The van der Waals surface area contributed by atoms with Gasteiger partial charge in [-0.15, -0.1) is 10.2 Å². The van der Waals surface area contributed by atoms with Gasteiger partial charge in [-0.05, 0) is 43.5 Å². The van der Waals surface area contributed by atoms with Crippen molar-refractivity contribution < 1.29 is 17.9 Å². The normalized spacial score (nSPS) is 12.7. The van der Waals surface area contributed by atoms with Crippen LogP contribution in [0.3, 0.4) is 0 Å². The summed E-state index contributed by atoms with van der Waals surface area (Å²) in [4.78, 5) is 0. The van der Waals surface area contributed by atoms with Gasteiger partial charge in [0, 0.05) is 12.0 Å². The van der Waals surface area contributed by atoms with Gasteiger partial charge >= 0.3 is 6.18 Å². The van der Waals surface area contributed by atoms with Crippen molar-refractivity contribution in [3.8, 4) is 16.3 Å². The van der Waals surface area contributed by atoms with Gasteiger partial charge in [0.15, 0.2) is 0 Å². The summed E-state index contributed by atoms with van der Waals surface area (Å²) < 4.78 is 45.5. The fraction of sp³-hybridized carbons (Fsp3) is 0.714. The Kier molecular flexibility index (Phi) is 14.3. The third kappa shape index (κ3) is 12.2. The largest absolute Gasteiger partial charge is 0.494 e. The van der Waals surface area contributed by atoms with E-state index in [2.05, 4.69) is 24.0 Å². The summed E-state index contributed by atoms with van der Waals surface area (Å²) in [6.07, 6.45) is 10.8. The van der Waals surface area contributed by atoms with E-state index in [1.807, 2.05) is 12.1 Å². The zero-order valence-electron chi connectivity index (χ0n) is 21.5. The minimum absolute atomic E-state index is 0.00409. The van der Waals surface area contributed by atoms with Crippen molar-refractivity contribution in [3.05, 3.63) is 29.3 Å². The summed E-state index contributed by atoms with van der Waals surface area (Å²) in [5.74, 6) is -0.705. The predicted octanol–water partition coefficient (Wildman–Crippen LogP) is 9.81. The van der Waals surface area contributed by atoms with Gasteiger partial charge in [0.2, 0.25) is 0 Å². The van der Waals surface area contributed by atoms with Crippen LogP contribution in [0.4, 0.5) is 13.2 Å². The number of alkyl halides is 3. The quantitative estimate of drug-likeness (QED) is 0.176. The molecule has 0 aliphatic heterocycles. The zero-order valence-corrected chi connectivity index (χ0v) is 22.4. The van der Waals surface area contributed by atoms with Crippen molar-refractivity contribution in [2.75, 3.05) is 6.61 Å². The molecule has 1 heterocycles. The van der Waals surface area contributed by atoms with Crippen molar-refractivity contribution in [2.24, 2.45) is 5.92 Å². The molecular weight excluding hydrogens is 469 g/mol. The number of aromatic nitrogens is 2. The Morgan fingerprint density at radius 2 is 1.37 bits per heavy atom. The van der Waals surface area contributed by atoms with E-state index in [0.29, 0.717) is 12.2 Å². The number of halogens is 3. The van der Waals surface area contributed by atoms with Crippen LogP contribution < -0.4 is 4.74 Å². The highest BCUT2D eigenvalue weighted by molar-refractivity contribution is 7.14. The molecule has 0 N–H and O–H groups in total. The highest BCUT2D eigenvalue weighted by atomic mass is 32.1. The van der Waals surface area contributed by atoms with Crippen molar-refractivity contribution in [1.29, 1.82) is 0 Å². The lowest BCUT2D eigenvalue weighted by molar-refractivity contribution is -0.179. The molecule has 0 saturated carbocycles. The van der Waals surface area contributed by atoms with E-state index in [4.69, 9.17) is 4.74 Å². The van der Waals surface area contributed by atoms with E-state index in [0.717, 1.165) is 47.7 Å². The van der Waals surface area contributed by atoms with Crippen molar-refractivity contribution in [3.63, 3.8) is 0 Å². The molecule has 1 aromatic heterocycles. The average molecular weight is 513 g/mol. The maximum absolute atomic E-state index is 13.3. The van der Waals surface area contributed by atoms with Crippen LogP contribution in [0.1, 0.15) is 109 Å². The van der Waals surface area contributed by atoms with E-state index >= 15 is 0 Å². The molecule has 3 nitrogen and oxygen atoms in total. The van der Waals surface area contributed by atoms with E-state index in [1.54, 1.807) is 23.5 Å². The summed E-state index contributed by atoms with van der Waals surface area (Å²) >= 11 is 1.61. The van der Waals surface area contributed by atoms with Gasteiger partial charge in [-0.2, -0.15) is 13.2 Å². The van der Waals surface area contributed by atoms with E-state index in [1.165, 1.54) is 44.9 Å². The first-order valence-electron chi connectivity index (χ1n) is 13.6. The maximum Gasteiger partial charge on any atom is 0.391 e. The van der Waals surface area contributed by atoms with Crippen LogP contribution in [0.25, 0.3) is 10.6 Å². The zero-order chi connectivity index (χ0) is 25.4. The molecule has 2 aromatic rings. The van der Waals surface area contributed by atoms with Crippen molar-refractivity contribution >= 4 is 11.3 Å². The lowest BCUT2D eigenvalue weighted by Gasteiger charge is -2.20. The van der Waals surface area contributed by atoms with Crippen LogP contribution in [-0.4, -0.2) is 23.0 Å². The second-order valence-electron chi connectivity index (χ2n) is 9.48. The smallest absolute Gasteiger partial charge is 0.391 e. The standard InChI is InChI=1S/C28H43F3N2OS/c1-3-5-7-9-10-11-12-14-16-26-32-33-27(35-26)23-17-19-25(20-18-23)34-22-21-24(28(29,30)31)15-13-8-6-4-2/h17-20,24H,3-16,21-22H2,1-2H3. The van der Waals surface area contributed by atoms with Gasteiger partial charge in [-0.25, -0.2) is 0 Å². The third-order valence-corrected chi connectivity index (χ3v) is 7.45. The molecule has 198 valence electrons. The predicted molar refractivity (Wildman–Crippen MR) is 140 cm³/mol. The molecule has 0 saturated heterocycles. The minimum atomic E-state index is -4.16. The topological polar surface area (TPSA) is 35.0 Å². The Morgan fingerprint density at radius 1 is 0.771 bits per heavy atom. The Balaban J connectivity index is 1.71. The Morgan fingerprint density at radius 3 is 2.00 bits per heavy atom. The summed E-state index contributed by atoms with van der Waals surface area (Å²) in [6, 6.07) is 7.42. The van der Waals surface area contributed by atoms with Crippen molar-refractivity contribution in [1.82, 2.24) is 10.2 Å². The number of nitrogens with zero attached hydrogens (tertiary/aromatic N) is 2. The molecule has 0 spiro atoms. The first kappa shape index (κ1) is 29.6. The van der Waals surface area contributed by atoms with Gasteiger partial charge in [0.1, 0.15) is 15.8 Å². The van der Waals surface area contributed by atoms with E-state index < -0.39 is 12.1 Å². The SMILES string of the molecule is CCCCCCCCCCc1nnc(-c2ccc(OCCC(CCCCCC)C(F)(F)F)cc2)s1. The summed E-state index contributed by atoms with van der Waals surface area (Å²) in [5.41, 5.74) is 0.959. The first-order valence-corrected chi connectivity index (χ1v) is 14.4. The molecule has 7 heteroatoms. The average Bonchev–Trinajstić information content (AvgIpc) is 3.31. The lowest BCUT2D eigenvalue weighted by Crippen LogP contribution is -2.25. The Hall–Kier alpha value is -1.63.